The second-order valence-electron chi connectivity index (χ2n) is 5.91. The fraction of sp³-hybridized carbons (Fsp3) is 0.200. The van der Waals surface area contributed by atoms with E-state index < -0.39 is 13.9 Å². The molecule has 0 aromatic heterocycles. The summed E-state index contributed by atoms with van der Waals surface area (Å²) >= 11 is 0. The predicted molar refractivity (Wildman–Crippen MR) is 96.1 cm³/mol. The van der Waals surface area contributed by atoms with Crippen LogP contribution in [-0.4, -0.2) is 8.32 Å². The number of hydrogen-bond donors (Lipinski definition) is 0. The zero-order chi connectivity index (χ0) is 16.1. The third-order valence-electron chi connectivity index (χ3n) is 3.63. The van der Waals surface area contributed by atoms with Crippen molar-refractivity contribution >= 4 is 8.32 Å². The van der Waals surface area contributed by atoms with Crippen molar-refractivity contribution in [2.24, 2.45) is 0 Å². The summed E-state index contributed by atoms with van der Waals surface area (Å²) < 4.78 is 6.62. The van der Waals surface area contributed by atoms with Gasteiger partial charge in [-0.25, -0.2) is 0 Å². The molecule has 0 fully saturated rings. The Morgan fingerprint density at radius 1 is 1.05 bits per heavy atom. The zero-order valence-corrected chi connectivity index (χ0v) is 14.3. The molecule has 2 aromatic rings. The molecule has 0 amide bonds. The Morgan fingerprint density at radius 3 is 1.86 bits per heavy atom. The van der Waals surface area contributed by atoms with Crippen molar-refractivity contribution in [3.8, 4) is 12.3 Å². The minimum Gasteiger partial charge on any atom is -0.394 e. The number of hydrogen-bond acceptors (Lipinski definition) is 1. The summed E-state index contributed by atoms with van der Waals surface area (Å²) in [7, 11) is -1.99. The standard InChI is InChI=1S/C20H22OSi/c1-5-17-22(3,4)21-20(6-2,18-13-9-7-10-14-18)19-15-11-8-12-16-19/h2,5,7-16H,1,17H2,3-4H3. The summed E-state index contributed by atoms with van der Waals surface area (Å²) in [4.78, 5) is 0. The van der Waals surface area contributed by atoms with Crippen molar-refractivity contribution in [3.05, 3.63) is 84.4 Å². The highest BCUT2D eigenvalue weighted by atomic mass is 28.4. The number of rotatable bonds is 6. The predicted octanol–water partition coefficient (Wildman–Crippen LogP) is 4.97. The van der Waals surface area contributed by atoms with Crippen LogP contribution in [0, 0.1) is 12.3 Å². The molecule has 0 atom stereocenters. The highest BCUT2D eigenvalue weighted by Crippen LogP contribution is 2.36. The monoisotopic (exact) mass is 306 g/mol. The van der Waals surface area contributed by atoms with Crippen LogP contribution in [0.4, 0.5) is 0 Å². The van der Waals surface area contributed by atoms with E-state index in [1.807, 2.05) is 66.7 Å². The molecule has 22 heavy (non-hydrogen) atoms. The summed E-state index contributed by atoms with van der Waals surface area (Å²) in [5.74, 6) is 2.94. The van der Waals surface area contributed by atoms with Crippen molar-refractivity contribution in [1.29, 1.82) is 0 Å². The molecule has 1 nitrogen and oxygen atoms in total. The molecule has 0 saturated carbocycles. The molecule has 0 aliphatic heterocycles. The first-order valence-corrected chi connectivity index (χ1v) is 10.6. The molecule has 2 heteroatoms. The van der Waals surface area contributed by atoms with E-state index in [9.17, 15) is 0 Å². The van der Waals surface area contributed by atoms with Crippen molar-refractivity contribution in [3.63, 3.8) is 0 Å². The van der Waals surface area contributed by atoms with Crippen LogP contribution in [0.15, 0.2) is 73.3 Å². The van der Waals surface area contributed by atoms with Crippen molar-refractivity contribution in [2.75, 3.05) is 0 Å². The molecule has 0 aliphatic rings. The normalized spacial score (nSPS) is 11.7. The summed E-state index contributed by atoms with van der Waals surface area (Å²) in [5.41, 5.74) is 1.14. The van der Waals surface area contributed by atoms with E-state index in [-0.39, 0.29) is 0 Å². The molecule has 0 aliphatic carbocycles. The highest BCUT2D eigenvalue weighted by Gasteiger charge is 2.39. The highest BCUT2D eigenvalue weighted by molar-refractivity contribution is 6.71. The van der Waals surface area contributed by atoms with E-state index in [4.69, 9.17) is 10.8 Å². The molecule has 0 radical (unpaired) electrons. The van der Waals surface area contributed by atoms with Gasteiger partial charge < -0.3 is 4.43 Å². The summed E-state index contributed by atoms with van der Waals surface area (Å²) in [6.45, 7) is 8.20. The van der Waals surface area contributed by atoms with Gasteiger partial charge in [-0.05, 0) is 30.3 Å². The lowest BCUT2D eigenvalue weighted by Gasteiger charge is -2.37. The fourth-order valence-electron chi connectivity index (χ4n) is 2.63. The Bertz CT molecular complexity index is 614. The van der Waals surface area contributed by atoms with Crippen LogP contribution in [0.5, 0.6) is 0 Å². The van der Waals surface area contributed by atoms with Crippen molar-refractivity contribution in [2.45, 2.75) is 24.7 Å². The molecule has 0 heterocycles. The lowest BCUT2D eigenvalue weighted by Crippen LogP contribution is -2.42. The Kier molecular flexibility index (Phi) is 5.02. The van der Waals surface area contributed by atoms with Gasteiger partial charge in [-0.15, -0.1) is 13.0 Å². The average Bonchev–Trinajstić information content (AvgIpc) is 2.54. The number of allylic oxidation sites excluding steroid dienone is 1. The van der Waals surface area contributed by atoms with E-state index in [0.717, 1.165) is 17.2 Å². The molecule has 2 rings (SSSR count). The molecule has 0 saturated heterocycles. The van der Waals surface area contributed by atoms with Crippen LogP contribution in [0.1, 0.15) is 11.1 Å². The zero-order valence-electron chi connectivity index (χ0n) is 13.3. The van der Waals surface area contributed by atoms with E-state index in [1.165, 1.54) is 0 Å². The largest absolute Gasteiger partial charge is 0.394 e. The van der Waals surface area contributed by atoms with Gasteiger partial charge in [0, 0.05) is 0 Å². The van der Waals surface area contributed by atoms with Gasteiger partial charge in [0.05, 0.1) is 0 Å². The van der Waals surface area contributed by atoms with Crippen LogP contribution < -0.4 is 0 Å². The van der Waals surface area contributed by atoms with Gasteiger partial charge in [-0.3, -0.25) is 0 Å². The Labute approximate surface area is 134 Å². The van der Waals surface area contributed by atoms with E-state index in [0.29, 0.717) is 0 Å². The lowest BCUT2D eigenvalue weighted by atomic mass is 9.87. The molecular formula is C20H22OSi. The maximum Gasteiger partial charge on any atom is 0.193 e. The molecule has 2 aromatic carbocycles. The third-order valence-corrected chi connectivity index (χ3v) is 5.76. The SMILES string of the molecule is C#CC(O[Si](C)(C)CC=C)(c1ccccc1)c1ccccc1. The van der Waals surface area contributed by atoms with Crippen molar-refractivity contribution < 1.29 is 4.43 Å². The summed E-state index contributed by atoms with van der Waals surface area (Å²) in [6, 6.07) is 20.9. The van der Waals surface area contributed by atoms with Crippen LogP contribution in [0.3, 0.4) is 0 Å². The minimum atomic E-state index is -1.99. The van der Waals surface area contributed by atoms with Gasteiger partial charge in [0.2, 0.25) is 0 Å². The molecule has 112 valence electrons. The topological polar surface area (TPSA) is 9.23 Å². The molecule has 0 unspecified atom stereocenters. The minimum absolute atomic E-state index is 0.846. The van der Waals surface area contributed by atoms with Crippen LogP contribution in [-0.2, 0) is 10.0 Å². The third kappa shape index (κ3) is 3.39. The van der Waals surface area contributed by atoms with E-state index in [1.54, 1.807) is 0 Å². The van der Waals surface area contributed by atoms with Gasteiger partial charge in [0.25, 0.3) is 0 Å². The second-order valence-corrected chi connectivity index (χ2v) is 10.0. The van der Waals surface area contributed by atoms with Gasteiger partial charge in [0.15, 0.2) is 13.9 Å². The first kappa shape index (κ1) is 16.3. The summed E-state index contributed by atoms with van der Waals surface area (Å²) in [5, 5.41) is 0. The Balaban J connectivity index is 2.59. The fourth-order valence-corrected chi connectivity index (χ4v) is 4.53. The lowest BCUT2D eigenvalue weighted by molar-refractivity contribution is 0.165. The smallest absolute Gasteiger partial charge is 0.193 e. The van der Waals surface area contributed by atoms with Gasteiger partial charge >= 0.3 is 0 Å². The Hall–Kier alpha value is -2.08. The van der Waals surface area contributed by atoms with Crippen LogP contribution in [0.2, 0.25) is 19.1 Å². The molecule has 0 spiro atoms. The quantitative estimate of drug-likeness (QED) is 0.416. The van der Waals surface area contributed by atoms with Crippen molar-refractivity contribution in [1.82, 2.24) is 0 Å². The molecular weight excluding hydrogens is 284 g/mol. The molecule has 0 bridgehead atoms. The van der Waals surface area contributed by atoms with Crippen LogP contribution >= 0.6 is 0 Å². The maximum absolute atomic E-state index is 6.62. The first-order valence-electron chi connectivity index (χ1n) is 7.44. The maximum atomic E-state index is 6.62. The number of benzene rings is 2. The van der Waals surface area contributed by atoms with E-state index >= 15 is 0 Å². The van der Waals surface area contributed by atoms with Crippen LogP contribution in [0.25, 0.3) is 0 Å². The van der Waals surface area contributed by atoms with Gasteiger partial charge in [0.1, 0.15) is 0 Å². The van der Waals surface area contributed by atoms with Gasteiger partial charge in [-0.1, -0.05) is 72.7 Å². The second kappa shape index (κ2) is 6.78. The average molecular weight is 306 g/mol. The number of terminal acetylenes is 1. The Morgan fingerprint density at radius 2 is 1.50 bits per heavy atom. The molecule has 0 N–H and O–H groups in total. The first-order chi connectivity index (χ1) is 10.5. The summed E-state index contributed by atoms with van der Waals surface area (Å²) in [6.07, 6.45) is 7.92. The van der Waals surface area contributed by atoms with E-state index in [2.05, 4.69) is 25.6 Å². The van der Waals surface area contributed by atoms with Gasteiger partial charge in [-0.2, -0.15) is 0 Å².